The molecule has 0 bridgehead atoms. The minimum Gasteiger partial charge on any atom is -0.398 e. The van der Waals surface area contributed by atoms with Gasteiger partial charge in [-0.1, -0.05) is 36.4 Å². The fraction of sp³-hybridized carbons (Fsp3) is 0.154. The van der Waals surface area contributed by atoms with Crippen LogP contribution in [0.15, 0.2) is 109 Å². The lowest BCUT2D eigenvalue weighted by Gasteiger charge is -2.28. The number of imide groups is 3. The Bertz CT molecular complexity index is 3250. The van der Waals surface area contributed by atoms with Gasteiger partial charge >= 0.3 is 0 Å². The number of nitrogen functional groups attached to an aromatic ring is 3. The Kier molecular flexibility index (Phi) is 11.5. The monoisotopic (exact) mass is 936 g/mol. The highest BCUT2D eigenvalue weighted by atomic mass is 16.2. The average molecular weight is 937 g/mol. The summed E-state index contributed by atoms with van der Waals surface area (Å²) in [6.45, 7) is 1.20. The average Bonchev–Trinajstić information content (AvgIpc) is 3.36. The number of carbonyl (C=O) groups is 8. The second-order valence-corrected chi connectivity index (χ2v) is 17.0. The molecule has 8 amide bonds. The smallest absolute Gasteiger partial charge is 0.265 e. The molecule has 70 heavy (non-hydrogen) atoms. The van der Waals surface area contributed by atoms with E-state index in [0.717, 1.165) is 4.90 Å². The van der Waals surface area contributed by atoms with Crippen molar-refractivity contribution in [2.75, 3.05) is 74.5 Å². The van der Waals surface area contributed by atoms with Crippen LogP contribution in [0.25, 0.3) is 32.3 Å². The number of nitrogens with one attached hydrogen (secondary N) is 4. The molecule has 0 saturated carbocycles. The van der Waals surface area contributed by atoms with E-state index in [9.17, 15) is 38.4 Å². The Morgan fingerprint density at radius 2 is 0.743 bits per heavy atom. The van der Waals surface area contributed by atoms with Gasteiger partial charge in [0.2, 0.25) is 0 Å². The summed E-state index contributed by atoms with van der Waals surface area (Å²) >= 11 is 0. The molecule has 7 aromatic rings. The van der Waals surface area contributed by atoms with Crippen molar-refractivity contribution in [3.8, 4) is 0 Å². The van der Waals surface area contributed by atoms with Gasteiger partial charge in [0.25, 0.3) is 47.3 Å². The summed E-state index contributed by atoms with van der Waals surface area (Å²) in [5, 5.41) is 15.1. The number of carbonyl (C=O) groups excluding carboxylic acids is 8. The Balaban J connectivity index is 0.795. The second-order valence-electron chi connectivity index (χ2n) is 17.0. The summed E-state index contributed by atoms with van der Waals surface area (Å²) in [6, 6.07) is 29.0. The molecule has 7 aromatic carbocycles. The molecular formula is C52H44N10O8. The third-order valence-corrected chi connectivity index (χ3v) is 12.9. The maximum absolute atomic E-state index is 14.1. The van der Waals surface area contributed by atoms with Crippen molar-refractivity contribution < 1.29 is 38.4 Å². The summed E-state index contributed by atoms with van der Waals surface area (Å²) in [6.07, 6.45) is 0. The molecule has 3 aliphatic rings. The first kappa shape index (κ1) is 44.8. The van der Waals surface area contributed by atoms with Crippen molar-refractivity contribution in [1.82, 2.24) is 31.1 Å². The lowest BCUT2D eigenvalue weighted by atomic mass is 9.92. The predicted molar refractivity (Wildman–Crippen MR) is 264 cm³/mol. The molecule has 10 rings (SSSR count). The van der Waals surface area contributed by atoms with E-state index in [1.807, 2.05) is 0 Å². The van der Waals surface area contributed by atoms with Crippen LogP contribution in [0.3, 0.4) is 0 Å². The van der Waals surface area contributed by atoms with Crippen molar-refractivity contribution in [2.45, 2.75) is 0 Å². The van der Waals surface area contributed by atoms with Gasteiger partial charge in [-0.05, 0) is 72.8 Å². The molecule has 0 radical (unpaired) electrons. The number of nitrogens with two attached hydrogens (primary N) is 3. The van der Waals surface area contributed by atoms with Gasteiger partial charge in [-0.3, -0.25) is 48.2 Å². The molecule has 0 unspecified atom stereocenters. The van der Waals surface area contributed by atoms with E-state index in [-0.39, 0.29) is 80.3 Å². The second kappa shape index (κ2) is 17.9. The van der Waals surface area contributed by atoms with E-state index in [0.29, 0.717) is 71.6 Å². The zero-order chi connectivity index (χ0) is 49.0. The van der Waals surface area contributed by atoms with Crippen LogP contribution in [0.4, 0.5) is 22.7 Å². The molecule has 0 aromatic heterocycles. The van der Waals surface area contributed by atoms with Crippen molar-refractivity contribution in [1.29, 1.82) is 0 Å². The van der Waals surface area contributed by atoms with Gasteiger partial charge in [0.05, 0.1) is 5.69 Å². The molecule has 10 N–H and O–H groups in total. The molecule has 0 fully saturated rings. The van der Waals surface area contributed by atoms with E-state index < -0.39 is 47.3 Å². The van der Waals surface area contributed by atoms with Crippen LogP contribution in [-0.4, -0.2) is 109 Å². The first-order chi connectivity index (χ1) is 33.8. The normalized spacial score (nSPS) is 14.1. The topological polar surface area (TPSA) is 272 Å². The third-order valence-electron chi connectivity index (χ3n) is 12.9. The predicted octanol–water partition coefficient (Wildman–Crippen LogP) is 3.92. The number of rotatable bonds is 15. The highest BCUT2D eigenvalue weighted by molar-refractivity contribution is 6.37. The van der Waals surface area contributed by atoms with Gasteiger partial charge in [0.15, 0.2) is 0 Å². The van der Waals surface area contributed by atoms with Crippen LogP contribution < -0.4 is 43.4 Å². The number of benzene rings is 7. The van der Waals surface area contributed by atoms with Crippen LogP contribution >= 0.6 is 0 Å². The van der Waals surface area contributed by atoms with Crippen LogP contribution in [0.1, 0.15) is 82.9 Å². The van der Waals surface area contributed by atoms with Crippen LogP contribution in [0.2, 0.25) is 0 Å². The Hall–Kier alpha value is -9.00. The largest absolute Gasteiger partial charge is 0.398 e. The van der Waals surface area contributed by atoms with Crippen molar-refractivity contribution in [2.24, 2.45) is 0 Å². The highest BCUT2D eigenvalue weighted by Crippen LogP contribution is 2.37. The van der Waals surface area contributed by atoms with E-state index >= 15 is 0 Å². The summed E-state index contributed by atoms with van der Waals surface area (Å²) in [7, 11) is 0. The Labute approximate surface area is 398 Å². The number of hydrogen-bond acceptors (Lipinski definition) is 13. The van der Waals surface area contributed by atoms with Gasteiger partial charge in [0, 0.05) is 146 Å². The highest BCUT2D eigenvalue weighted by Gasteiger charge is 2.37. The minimum absolute atomic E-state index is 0.0171. The van der Waals surface area contributed by atoms with Crippen molar-refractivity contribution in [3.63, 3.8) is 0 Å². The quantitative estimate of drug-likeness (QED) is 0.0437. The fourth-order valence-electron chi connectivity index (χ4n) is 9.46. The zero-order valence-electron chi connectivity index (χ0n) is 37.4. The summed E-state index contributed by atoms with van der Waals surface area (Å²) in [5.74, 6) is -4.30. The summed E-state index contributed by atoms with van der Waals surface area (Å²) in [5.41, 5.74) is 21.7. The van der Waals surface area contributed by atoms with Gasteiger partial charge in [0.1, 0.15) is 0 Å². The molecular weight excluding hydrogens is 893 g/mol. The lowest BCUT2D eigenvalue weighted by Crippen LogP contribution is -2.44. The zero-order valence-corrected chi connectivity index (χ0v) is 37.4. The van der Waals surface area contributed by atoms with E-state index in [4.69, 9.17) is 17.2 Å². The maximum atomic E-state index is 14.1. The molecule has 18 nitrogen and oxygen atoms in total. The van der Waals surface area contributed by atoms with Gasteiger partial charge in [-0.15, -0.1) is 0 Å². The molecule has 0 aliphatic carbocycles. The van der Waals surface area contributed by atoms with Crippen molar-refractivity contribution >= 4 is 102 Å². The Morgan fingerprint density at radius 1 is 0.400 bits per heavy atom. The molecule has 0 saturated heterocycles. The maximum Gasteiger partial charge on any atom is 0.265 e. The van der Waals surface area contributed by atoms with Crippen LogP contribution in [0, 0.1) is 0 Å². The number of hydrogen-bond donors (Lipinski definition) is 7. The van der Waals surface area contributed by atoms with Crippen molar-refractivity contribution in [3.05, 3.63) is 154 Å². The Morgan fingerprint density at radius 3 is 1.13 bits per heavy atom. The van der Waals surface area contributed by atoms with Gasteiger partial charge < -0.3 is 38.5 Å². The van der Waals surface area contributed by atoms with E-state index in [1.165, 1.54) is 34.1 Å². The SMILES string of the molecule is Nc1ccc2c3c(cccc13)C(=O)N(CCNCCNC(=O)c1cc(C(=O)NCCNCCN3C(=O)c4cccc5c(N)ccc(c45)C3=O)cc(N3C(=O)c4cccc5c(N)ccc(c45)C3=O)c1)C2=O. The molecule has 18 heteroatoms. The first-order valence-electron chi connectivity index (χ1n) is 22.5. The summed E-state index contributed by atoms with van der Waals surface area (Å²) in [4.78, 5) is 113. The van der Waals surface area contributed by atoms with E-state index in [1.54, 1.807) is 84.9 Å². The van der Waals surface area contributed by atoms with Crippen LogP contribution in [0.5, 0.6) is 0 Å². The third kappa shape index (κ3) is 7.56. The molecule has 350 valence electrons. The number of nitrogens with zero attached hydrogens (tertiary/aromatic N) is 3. The molecule has 3 heterocycles. The van der Waals surface area contributed by atoms with Crippen LogP contribution in [-0.2, 0) is 0 Å². The number of amides is 8. The van der Waals surface area contributed by atoms with Gasteiger partial charge in [-0.2, -0.15) is 0 Å². The minimum atomic E-state index is -0.670. The number of anilines is 4. The molecule has 3 aliphatic heterocycles. The molecule has 0 atom stereocenters. The summed E-state index contributed by atoms with van der Waals surface area (Å²) < 4.78 is 0. The first-order valence-corrected chi connectivity index (χ1v) is 22.5. The fourth-order valence-corrected chi connectivity index (χ4v) is 9.46. The lowest BCUT2D eigenvalue weighted by molar-refractivity contribution is 0.0596. The standard InChI is InChI=1S/C52H44N10O8/c53-39-13-10-36-42-30(39)4-1-7-33(42)47(65)60(49(36)67)22-20-56-16-18-58-45(63)27-24-28(26-29(25-27)62-51(69)35-9-3-6-32-41(55)15-12-38(44(32)35)52(62)70)46(64)59-19-17-57-21-23-61-48(66)34-8-2-5-31-40(54)14-11-37(43(31)34)50(61)68/h1-15,24-26,56-57H,16-23,53-55H2,(H,58,63)(H,59,64). The molecule has 0 spiro atoms. The van der Waals surface area contributed by atoms with Gasteiger partial charge in [-0.25, -0.2) is 4.90 Å². The van der Waals surface area contributed by atoms with E-state index in [2.05, 4.69) is 21.3 Å².